The second-order valence-corrected chi connectivity index (χ2v) is 9.07. The summed E-state index contributed by atoms with van der Waals surface area (Å²) in [6.07, 6.45) is 4.56. The fraction of sp³-hybridized carbons (Fsp3) is 0.389. The highest BCUT2D eigenvalue weighted by atomic mass is 32.2. The monoisotopic (exact) mass is 378 g/mol. The Balaban J connectivity index is 1.89. The van der Waals surface area contributed by atoms with Gasteiger partial charge in [-0.05, 0) is 54.8 Å². The van der Waals surface area contributed by atoms with Crippen molar-refractivity contribution in [1.29, 1.82) is 0 Å². The van der Waals surface area contributed by atoms with Gasteiger partial charge in [-0.3, -0.25) is 4.79 Å². The topological polar surface area (TPSA) is 89.3 Å². The van der Waals surface area contributed by atoms with Crippen molar-refractivity contribution in [2.75, 3.05) is 0 Å². The molecule has 1 heterocycles. The van der Waals surface area contributed by atoms with E-state index < -0.39 is 10.0 Å². The van der Waals surface area contributed by atoms with E-state index in [1.165, 1.54) is 25.0 Å². The summed E-state index contributed by atoms with van der Waals surface area (Å²) in [6, 6.07) is 8.40. The Bertz CT molecular complexity index is 854. The second kappa shape index (κ2) is 7.27. The summed E-state index contributed by atoms with van der Waals surface area (Å²) in [5.74, 6) is 0.164. The molecule has 2 aromatic rings. The largest absolute Gasteiger partial charge is 0.344 e. The third kappa shape index (κ3) is 4.11. The van der Waals surface area contributed by atoms with E-state index in [0.29, 0.717) is 11.5 Å². The fourth-order valence-corrected chi connectivity index (χ4v) is 4.83. The van der Waals surface area contributed by atoms with Crippen LogP contribution in [0.4, 0.5) is 0 Å². The number of hydrogen-bond acceptors (Lipinski definition) is 4. The van der Waals surface area contributed by atoms with Gasteiger partial charge in [0.2, 0.25) is 10.0 Å². The van der Waals surface area contributed by atoms with E-state index in [0.717, 1.165) is 23.3 Å². The van der Waals surface area contributed by atoms with E-state index in [1.807, 2.05) is 17.5 Å². The average Bonchev–Trinajstić information content (AvgIpc) is 3.25. The molecule has 0 radical (unpaired) electrons. The van der Waals surface area contributed by atoms with E-state index in [-0.39, 0.29) is 16.8 Å². The minimum atomic E-state index is -3.84. The highest BCUT2D eigenvalue weighted by Gasteiger charge is 2.29. The average molecular weight is 379 g/mol. The van der Waals surface area contributed by atoms with Crippen molar-refractivity contribution in [3.63, 3.8) is 0 Å². The Kier molecular flexibility index (Phi) is 5.27. The van der Waals surface area contributed by atoms with E-state index in [4.69, 9.17) is 5.14 Å². The molecule has 0 bridgehead atoms. The number of carbonyl (C=O) groups excluding carboxylic acids is 1. The van der Waals surface area contributed by atoms with Gasteiger partial charge in [-0.25, -0.2) is 13.6 Å². The van der Waals surface area contributed by atoms with Crippen molar-refractivity contribution in [2.24, 2.45) is 11.1 Å². The standard InChI is InChI=1S/C18H22N2O3S2/c1-12-8-9-14(25(19,22)23)11-15(12)18(21)20-17(13-5-2-3-6-13)16-7-4-10-24-16/h4,7-11,13,17H,2-3,5-6H2,1H3,(H,20,21)(H2,19,22,23). The number of benzene rings is 1. The molecular formula is C18H22N2O3S2. The van der Waals surface area contributed by atoms with Gasteiger partial charge in [-0.2, -0.15) is 0 Å². The number of primary sulfonamides is 1. The van der Waals surface area contributed by atoms with Gasteiger partial charge >= 0.3 is 0 Å². The minimum Gasteiger partial charge on any atom is -0.344 e. The van der Waals surface area contributed by atoms with Crippen molar-refractivity contribution in [2.45, 2.75) is 43.5 Å². The number of aryl methyl sites for hydroxylation is 1. The molecule has 1 atom stereocenters. The molecule has 7 heteroatoms. The third-order valence-electron chi connectivity index (χ3n) is 4.79. The van der Waals surface area contributed by atoms with Crippen LogP contribution >= 0.6 is 11.3 Å². The lowest BCUT2D eigenvalue weighted by Crippen LogP contribution is -2.32. The number of amides is 1. The number of rotatable bonds is 5. The van der Waals surface area contributed by atoms with Gasteiger partial charge in [0.1, 0.15) is 0 Å². The molecule has 1 aliphatic carbocycles. The van der Waals surface area contributed by atoms with Gasteiger partial charge in [0, 0.05) is 10.4 Å². The molecular weight excluding hydrogens is 356 g/mol. The number of nitrogens with one attached hydrogen (secondary N) is 1. The summed E-state index contributed by atoms with van der Waals surface area (Å²) in [7, 11) is -3.84. The van der Waals surface area contributed by atoms with Gasteiger partial charge in [0.15, 0.2) is 0 Å². The number of thiophene rings is 1. The Morgan fingerprint density at radius 1 is 1.28 bits per heavy atom. The molecule has 3 rings (SSSR count). The second-order valence-electron chi connectivity index (χ2n) is 6.53. The van der Waals surface area contributed by atoms with E-state index in [2.05, 4.69) is 5.32 Å². The van der Waals surface area contributed by atoms with Crippen LogP contribution in [0.1, 0.15) is 52.5 Å². The summed E-state index contributed by atoms with van der Waals surface area (Å²) in [5, 5.41) is 10.3. The lowest BCUT2D eigenvalue weighted by atomic mass is 9.96. The molecule has 0 saturated heterocycles. The van der Waals surface area contributed by atoms with Crippen LogP contribution in [0, 0.1) is 12.8 Å². The number of sulfonamides is 1. The van der Waals surface area contributed by atoms with Gasteiger partial charge in [0.05, 0.1) is 10.9 Å². The Labute approximate surface area is 152 Å². The van der Waals surface area contributed by atoms with Gasteiger partial charge < -0.3 is 5.32 Å². The molecule has 1 fully saturated rings. The summed E-state index contributed by atoms with van der Waals surface area (Å²) in [6.45, 7) is 1.79. The molecule has 5 nitrogen and oxygen atoms in total. The fourth-order valence-electron chi connectivity index (χ4n) is 3.42. The summed E-state index contributed by atoms with van der Waals surface area (Å²) in [5.41, 5.74) is 1.08. The van der Waals surface area contributed by atoms with Crippen molar-refractivity contribution in [3.8, 4) is 0 Å². The first-order valence-electron chi connectivity index (χ1n) is 8.34. The van der Waals surface area contributed by atoms with Crippen LogP contribution in [0.25, 0.3) is 0 Å². The predicted molar refractivity (Wildman–Crippen MR) is 99.0 cm³/mol. The van der Waals surface area contributed by atoms with Gasteiger partial charge in [-0.1, -0.05) is 25.0 Å². The maximum absolute atomic E-state index is 12.9. The molecule has 134 valence electrons. The van der Waals surface area contributed by atoms with Gasteiger partial charge in [0.25, 0.3) is 5.91 Å². The number of carbonyl (C=O) groups is 1. The van der Waals surface area contributed by atoms with Crippen molar-refractivity contribution >= 4 is 27.3 Å². The van der Waals surface area contributed by atoms with Crippen molar-refractivity contribution < 1.29 is 13.2 Å². The Hall–Kier alpha value is -1.70. The zero-order valence-corrected chi connectivity index (χ0v) is 15.7. The molecule has 0 aliphatic heterocycles. The SMILES string of the molecule is Cc1ccc(S(N)(=O)=O)cc1C(=O)NC(c1cccs1)C1CCCC1. The molecule has 1 aromatic heterocycles. The first-order valence-corrected chi connectivity index (χ1v) is 10.8. The molecule has 1 saturated carbocycles. The van der Waals surface area contributed by atoms with E-state index in [1.54, 1.807) is 24.3 Å². The van der Waals surface area contributed by atoms with Crippen LogP contribution in [0.15, 0.2) is 40.6 Å². The molecule has 1 aliphatic rings. The van der Waals surface area contributed by atoms with Crippen LogP contribution in [-0.2, 0) is 10.0 Å². The maximum Gasteiger partial charge on any atom is 0.252 e. The smallest absolute Gasteiger partial charge is 0.252 e. The highest BCUT2D eigenvalue weighted by molar-refractivity contribution is 7.89. The molecule has 0 spiro atoms. The van der Waals surface area contributed by atoms with Crippen LogP contribution < -0.4 is 10.5 Å². The normalized spacial score (nSPS) is 16.7. The van der Waals surface area contributed by atoms with E-state index >= 15 is 0 Å². The number of nitrogens with two attached hydrogens (primary N) is 1. The highest BCUT2D eigenvalue weighted by Crippen LogP contribution is 2.37. The van der Waals surface area contributed by atoms with Crippen molar-refractivity contribution in [3.05, 3.63) is 51.7 Å². The lowest BCUT2D eigenvalue weighted by molar-refractivity contribution is 0.0922. The Morgan fingerprint density at radius 3 is 2.60 bits per heavy atom. The van der Waals surface area contributed by atoms with Crippen LogP contribution in [0.3, 0.4) is 0 Å². The first-order chi connectivity index (χ1) is 11.9. The molecule has 3 N–H and O–H groups in total. The summed E-state index contributed by atoms with van der Waals surface area (Å²) < 4.78 is 23.2. The predicted octanol–water partition coefficient (Wildman–Crippen LogP) is 3.37. The summed E-state index contributed by atoms with van der Waals surface area (Å²) in [4.78, 5) is 14.0. The molecule has 1 unspecified atom stereocenters. The van der Waals surface area contributed by atoms with Gasteiger partial charge in [-0.15, -0.1) is 11.3 Å². The van der Waals surface area contributed by atoms with Crippen LogP contribution in [0.2, 0.25) is 0 Å². The zero-order valence-electron chi connectivity index (χ0n) is 14.1. The lowest BCUT2D eigenvalue weighted by Gasteiger charge is -2.24. The van der Waals surface area contributed by atoms with E-state index in [9.17, 15) is 13.2 Å². The summed E-state index contributed by atoms with van der Waals surface area (Å²) >= 11 is 1.64. The van der Waals surface area contributed by atoms with Crippen molar-refractivity contribution in [1.82, 2.24) is 5.32 Å². The number of hydrogen-bond donors (Lipinski definition) is 2. The first kappa shape index (κ1) is 18.1. The third-order valence-corrected chi connectivity index (χ3v) is 6.66. The minimum absolute atomic E-state index is 0.0347. The quantitative estimate of drug-likeness (QED) is 0.836. The molecule has 25 heavy (non-hydrogen) atoms. The Morgan fingerprint density at radius 2 is 2.00 bits per heavy atom. The van der Waals surface area contributed by atoms with Crippen LogP contribution in [0.5, 0.6) is 0 Å². The molecule has 1 amide bonds. The zero-order chi connectivity index (χ0) is 18.0. The maximum atomic E-state index is 12.9. The van der Waals surface area contributed by atoms with Crippen LogP contribution in [-0.4, -0.2) is 14.3 Å². The molecule has 1 aromatic carbocycles.